The summed E-state index contributed by atoms with van der Waals surface area (Å²) in [5, 5.41) is 3.33. The minimum Gasteiger partial charge on any atom is -0.382 e. The molecule has 0 unspecified atom stereocenters. The number of nitrogens with two attached hydrogens (primary N) is 1. The first-order valence-electron chi connectivity index (χ1n) is 14.5. The van der Waals surface area contributed by atoms with Crippen LogP contribution in [-0.4, -0.2) is 68.9 Å². The van der Waals surface area contributed by atoms with E-state index in [0.29, 0.717) is 45.2 Å². The van der Waals surface area contributed by atoms with E-state index >= 15 is 0 Å². The van der Waals surface area contributed by atoms with Gasteiger partial charge in [-0.2, -0.15) is 0 Å². The predicted molar refractivity (Wildman–Crippen MR) is 178 cm³/mol. The Morgan fingerprint density at radius 1 is 1.07 bits per heavy atom. The first-order valence-corrected chi connectivity index (χ1v) is 14.9. The maximum Gasteiger partial charge on any atom is 0.284 e. The van der Waals surface area contributed by atoms with Gasteiger partial charge in [-0.1, -0.05) is 29.8 Å². The van der Waals surface area contributed by atoms with Crippen LogP contribution in [0.25, 0.3) is 28.2 Å². The van der Waals surface area contributed by atoms with E-state index in [1.807, 2.05) is 24.3 Å². The number of hydrogen-bond donors (Lipinski definition) is 2. The Balaban J connectivity index is 1.20. The van der Waals surface area contributed by atoms with Gasteiger partial charge in [-0.25, -0.2) is 19.6 Å². The van der Waals surface area contributed by atoms with E-state index in [1.165, 1.54) is 4.68 Å². The average molecular weight is 624 g/mol. The van der Waals surface area contributed by atoms with Gasteiger partial charge in [0, 0.05) is 60.6 Å². The molecule has 1 amide bonds. The van der Waals surface area contributed by atoms with Crippen LogP contribution in [-0.2, 0) is 7.05 Å². The zero-order valence-corrected chi connectivity index (χ0v) is 26.3. The van der Waals surface area contributed by atoms with Gasteiger partial charge in [-0.15, -0.1) is 0 Å². The monoisotopic (exact) mass is 623 g/mol. The van der Waals surface area contributed by atoms with Crippen molar-refractivity contribution in [3.63, 3.8) is 0 Å². The van der Waals surface area contributed by atoms with E-state index in [1.54, 1.807) is 67.4 Å². The largest absolute Gasteiger partial charge is 0.382 e. The molecule has 1 fully saturated rings. The summed E-state index contributed by atoms with van der Waals surface area (Å²) < 4.78 is 3.06. The molecule has 45 heavy (non-hydrogen) atoms. The molecule has 0 saturated carbocycles. The summed E-state index contributed by atoms with van der Waals surface area (Å²) in [5.74, 6) is 1.33. The zero-order chi connectivity index (χ0) is 31.8. The standard InChI is InChI=1S/C33H34ClN9O2/c1-20-29(33(45)43(41(20)4)26-7-5-6-24(34)15-26)32(44)38-25-10-8-22(9-11-25)30-31(35)37-16-27(39-30)23-12-13-36-28(14-23)42-18-21(19-42)17-40(2)3/h5-16,21H,17-19H2,1-4H3,(H2,35,37)(H,38,44). The lowest BCUT2D eigenvalue weighted by Crippen LogP contribution is -2.50. The number of nitrogen functional groups attached to an aromatic ring is 1. The minimum absolute atomic E-state index is 0.0486. The number of nitrogens with one attached hydrogen (secondary N) is 1. The topological polar surface area (TPSA) is 127 Å². The Morgan fingerprint density at radius 3 is 2.53 bits per heavy atom. The van der Waals surface area contributed by atoms with Gasteiger partial charge in [-0.3, -0.25) is 14.3 Å². The van der Waals surface area contributed by atoms with Gasteiger partial charge in [0.05, 0.1) is 23.3 Å². The van der Waals surface area contributed by atoms with E-state index < -0.39 is 11.5 Å². The molecule has 11 nitrogen and oxygen atoms in total. The molecule has 6 rings (SSSR count). The molecule has 3 N–H and O–H groups in total. The Kier molecular flexibility index (Phi) is 8.13. The third kappa shape index (κ3) is 6.04. The molecule has 4 heterocycles. The van der Waals surface area contributed by atoms with Crippen LogP contribution >= 0.6 is 11.6 Å². The van der Waals surface area contributed by atoms with Crippen LogP contribution in [0.1, 0.15) is 16.1 Å². The number of hydrogen-bond acceptors (Lipinski definition) is 8. The third-order valence-corrected chi connectivity index (χ3v) is 8.23. The average Bonchev–Trinajstić information content (AvgIpc) is 3.22. The number of benzene rings is 2. The fourth-order valence-electron chi connectivity index (χ4n) is 5.66. The molecule has 1 saturated heterocycles. The van der Waals surface area contributed by atoms with Crippen LogP contribution in [0, 0.1) is 12.8 Å². The van der Waals surface area contributed by atoms with Crippen molar-refractivity contribution in [2.24, 2.45) is 13.0 Å². The molecule has 1 aliphatic rings. The fourth-order valence-corrected chi connectivity index (χ4v) is 5.85. The number of aromatic nitrogens is 5. The Labute approximate surface area is 265 Å². The van der Waals surface area contributed by atoms with Gasteiger partial charge in [0.1, 0.15) is 22.9 Å². The summed E-state index contributed by atoms with van der Waals surface area (Å²) in [6.07, 6.45) is 3.45. The van der Waals surface area contributed by atoms with E-state index in [2.05, 4.69) is 39.2 Å². The number of anilines is 3. The Morgan fingerprint density at radius 2 is 1.82 bits per heavy atom. The van der Waals surface area contributed by atoms with Crippen LogP contribution in [0.4, 0.5) is 17.3 Å². The highest BCUT2D eigenvalue weighted by Gasteiger charge is 2.28. The van der Waals surface area contributed by atoms with E-state index in [9.17, 15) is 9.59 Å². The first kappa shape index (κ1) is 30.0. The Bertz CT molecular complexity index is 1940. The zero-order valence-electron chi connectivity index (χ0n) is 25.5. The van der Waals surface area contributed by atoms with E-state index in [4.69, 9.17) is 22.3 Å². The smallest absolute Gasteiger partial charge is 0.284 e. The maximum absolute atomic E-state index is 13.3. The molecule has 0 radical (unpaired) electrons. The van der Waals surface area contributed by atoms with Crippen LogP contribution in [0.15, 0.2) is 77.9 Å². The lowest BCUT2D eigenvalue weighted by Gasteiger charge is -2.41. The van der Waals surface area contributed by atoms with Crippen molar-refractivity contribution < 1.29 is 4.79 Å². The molecule has 3 aromatic heterocycles. The normalized spacial score (nSPS) is 13.2. The van der Waals surface area contributed by atoms with Crippen molar-refractivity contribution in [1.82, 2.24) is 29.2 Å². The molecule has 230 valence electrons. The summed E-state index contributed by atoms with van der Waals surface area (Å²) in [4.78, 5) is 44.9. The van der Waals surface area contributed by atoms with Crippen molar-refractivity contribution in [2.75, 3.05) is 49.7 Å². The van der Waals surface area contributed by atoms with Crippen molar-refractivity contribution in [1.29, 1.82) is 0 Å². The highest BCUT2D eigenvalue weighted by atomic mass is 35.5. The molecule has 12 heteroatoms. The molecule has 0 aliphatic carbocycles. The van der Waals surface area contributed by atoms with Crippen molar-refractivity contribution in [2.45, 2.75) is 6.92 Å². The molecule has 0 atom stereocenters. The quantitative estimate of drug-likeness (QED) is 0.259. The first-order chi connectivity index (χ1) is 21.6. The lowest BCUT2D eigenvalue weighted by atomic mass is 9.99. The van der Waals surface area contributed by atoms with Gasteiger partial charge in [0.15, 0.2) is 0 Å². The number of halogens is 1. The molecular weight excluding hydrogens is 590 g/mol. The van der Waals surface area contributed by atoms with Crippen molar-refractivity contribution in [3.05, 3.63) is 99.7 Å². The number of amides is 1. The molecule has 5 aromatic rings. The summed E-state index contributed by atoms with van der Waals surface area (Å²) in [5.41, 5.74) is 10.3. The number of carbonyl (C=O) groups is 1. The maximum atomic E-state index is 13.3. The van der Waals surface area contributed by atoms with Crippen molar-refractivity contribution >= 4 is 34.8 Å². The van der Waals surface area contributed by atoms with Gasteiger partial charge in [0.2, 0.25) is 0 Å². The second kappa shape index (κ2) is 12.2. The highest BCUT2D eigenvalue weighted by molar-refractivity contribution is 6.30. The molecule has 0 spiro atoms. The molecule has 1 aliphatic heterocycles. The Hall–Kier alpha value is -5.00. The number of nitrogens with zero attached hydrogens (tertiary/aromatic N) is 7. The van der Waals surface area contributed by atoms with Gasteiger partial charge >= 0.3 is 0 Å². The second-order valence-corrected chi connectivity index (χ2v) is 12.0. The second-order valence-electron chi connectivity index (χ2n) is 11.5. The summed E-state index contributed by atoms with van der Waals surface area (Å²) in [6, 6.07) is 18.0. The fraction of sp³-hybridized carbons (Fsp3) is 0.242. The van der Waals surface area contributed by atoms with Crippen LogP contribution in [0.5, 0.6) is 0 Å². The molecule has 2 aromatic carbocycles. The van der Waals surface area contributed by atoms with Gasteiger partial charge < -0.3 is 20.9 Å². The van der Waals surface area contributed by atoms with E-state index in [0.717, 1.165) is 36.6 Å². The van der Waals surface area contributed by atoms with E-state index in [-0.39, 0.29) is 5.56 Å². The molecular formula is C33H34ClN9O2. The third-order valence-electron chi connectivity index (χ3n) is 8.00. The van der Waals surface area contributed by atoms with Crippen LogP contribution in [0.3, 0.4) is 0 Å². The SMILES string of the molecule is Cc1c(C(=O)Nc2ccc(-c3nc(-c4ccnc(N5CC(CN(C)C)C5)c4)cnc3N)cc2)c(=O)n(-c2cccc(Cl)c2)n1C. The minimum atomic E-state index is -0.508. The number of carbonyl (C=O) groups excluding carboxylic acids is 1. The molecule has 0 bridgehead atoms. The van der Waals surface area contributed by atoms with Gasteiger partial charge in [0.25, 0.3) is 11.5 Å². The van der Waals surface area contributed by atoms with Crippen LogP contribution < -0.4 is 21.5 Å². The number of pyridine rings is 1. The summed E-state index contributed by atoms with van der Waals surface area (Å²) in [6.45, 7) is 4.73. The predicted octanol–water partition coefficient (Wildman–Crippen LogP) is 4.49. The van der Waals surface area contributed by atoms with Gasteiger partial charge in [-0.05, 0) is 63.5 Å². The van der Waals surface area contributed by atoms with Crippen LogP contribution in [0.2, 0.25) is 5.02 Å². The lowest BCUT2D eigenvalue weighted by molar-refractivity contribution is 0.102. The van der Waals surface area contributed by atoms with Crippen molar-refractivity contribution in [3.8, 4) is 28.2 Å². The summed E-state index contributed by atoms with van der Waals surface area (Å²) >= 11 is 6.14. The summed E-state index contributed by atoms with van der Waals surface area (Å²) in [7, 11) is 5.91. The number of rotatable bonds is 8. The highest BCUT2D eigenvalue weighted by Crippen LogP contribution is 2.30.